The van der Waals surface area contributed by atoms with Crippen molar-refractivity contribution in [2.45, 2.75) is 33.1 Å². The Hall–Kier alpha value is -2.66. The van der Waals surface area contributed by atoms with E-state index in [0.29, 0.717) is 34.6 Å². The number of carbonyl (C=O) groups is 1. The molecule has 2 aromatic rings. The Balaban J connectivity index is 2.05. The number of aryl methyl sites for hydroxylation is 1. The maximum atomic E-state index is 12.3. The van der Waals surface area contributed by atoms with Gasteiger partial charge in [0.05, 0.1) is 26.5 Å². The van der Waals surface area contributed by atoms with Crippen LogP contribution in [0.1, 0.15) is 37.3 Å². The number of unbranched alkanes of at least 4 members (excludes halogenated alkanes) is 2. The summed E-state index contributed by atoms with van der Waals surface area (Å²) in [6, 6.07) is 9.04. The van der Waals surface area contributed by atoms with Gasteiger partial charge >= 0.3 is 0 Å². The molecule has 0 fully saturated rings. The summed E-state index contributed by atoms with van der Waals surface area (Å²) >= 11 is 6.10. The van der Waals surface area contributed by atoms with Crippen molar-refractivity contribution in [2.75, 3.05) is 26.1 Å². The molecule has 1 N–H and O–H groups in total. The second-order valence-electron chi connectivity index (χ2n) is 6.59. The van der Waals surface area contributed by atoms with Crippen molar-refractivity contribution in [1.82, 2.24) is 0 Å². The first-order valence-corrected chi connectivity index (χ1v) is 10.00. The fraction of sp³-hybridized carbons (Fsp3) is 0.348. The summed E-state index contributed by atoms with van der Waals surface area (Å²) in [4.78, 5) is 12.3. The second kappa shape index (κ2) is 11.4. The largest absolute Gasteiger partial charge is 0.495 e. The van der Waals surface area contributed by atoms with Gasteiger partial charge in [0.15, 0.2) is 11.5 Å². The Bertz CT molecular complexity index is 864. The molecule has 0 spiro atoms. The number of benzene rings is 2. The standard InChI is InChI=1S/C23H28ClNO4/c1-5-6-7-12-29-20-10-8-17(14-22(20)28-4)9-11-23(26)25-19-13-16(2)18(24)15-21(19)27-3/h8-11,13-15H,5-7,12H2,1-4H3,(H,25,26)/b11-9+. The van der Waals surface area contributed by atoms with E-state index >= 15 is 0 Å². The maximum absolute atomic E-state index is 12.3. The van der Waals surface area contributed by atoms with Crippen LogP contribution in [-0.4, -0.2) is 26.7 Å². The van der Waals surface area contributed by atoms with Crippen molar-refractivity contribution < 1.29 is 19.0 Å². The van der Waals surface area contributed by atoms with Crippen LogP contribution < -0.4 is 19.5 Å². The number of ether oxygens (including phenoxy) is 3. The van der Waals surface area contributed by atoms with E-state index in [9.17, 15) is 4.79 Å². The van der Waals surface area contributed by atoms with Gasteiger partial charge in [-0.3, -0.25) is 4.79 Å². The average molecular weight is 418 g/mol. The fourth-order valence-corrected chi connectivity index (χ4v) is 2.87. The third-order valence-corrected chi connectivity index (χ3v) is 4.77. The van der Waals surface area contributed by atoms with Gasteiger partial charge in [0.2, 0.25) is 5.91 Å². The number of hydrogen-bond donors (Lipinski definition) is 1. The minimum absolute atomic E-state index is 0.274. The van der Waals surface area contributed by atoms with Gasteiger partial charge in [-0.25, -0.2) is 0 Å². The molecule has 0 aromatic heterocycles. The molecule has 2 rings (SSSR count). The van der Waals surface area contributed by atoms with Crippen molar-refractivity contribution in [3.63, 3.8) is 0 Å². The van der Waals surface area contributed by atoms with Gasteiger partial charge in [0, 0.05) is 17.2 Å². The predicted octanol–water partition coefficient (Wildman–Crippen LogP) is 5.89. The van der Waals surface area contributed by atoms with Crippen LogP contribution in [0.3, 0.4) is 0 Å². The van der Waals surface area contributed by atoms with E-state index in [4.69, 9.17) is 25.8 Å². The fourth-order valence-electron chi connectivity index (χ4n) is 2.72. The lowest BCUT2D eigenvalue weighted by molar-refractivity contribution is -0.111. The molecule has 156 valence electrons. The smallest absolute Gasteiger partial charge is 0.248 e. The molecule has 29 heavy (non-hydrogen) atoms. The molecule has 0 aliphatic carbocycles. The van der Waals surface area contributed by atoms with E-state index in [-0.39, 0.29) is 5.91 Å². The van der Waals surface area contributed by atoms with Crippen LogP contribution in [0.2, 0.25) is 5.02 Å². The van der Waals surface area contributed by atoms with Crippen molar-refractivity contribution >= 4 is 29.3 Å². The molecule has 6 heteroatoms. The normalized spacial score (nSPS) is 10.8. The molecule has 0 atom stereocenters. The summed E-state index contributed by atoms with van der Waals surface area (Å²) in [7, 11) is 3.13. The number of carbonyl (C=O) groups excluding carboxylic acids is 1. The van der Waals surface area contributed by atoms with Crippen LogP contribution in [-0.2, 0) is 4.79 Å². The molecule has 0 radical (unpaired) electrons. The summed E-state index contributed by atoms with van der Waals surface area (Å²) < 4.78 is 16.5. The second-order valence-corrected chi connectivity index (χ2v) is 7.00. The predicted molar refractivity (Wildman–Crippen MR) is 118 cm³/mol. The van der Waals surface area contributed by atoms with Gasteiger partial charge in [-0.05, 0) is 48.7 Å². The number of hydrogen-bond acceptors (Lipinski definition) is 4. The van der Waals surface area contributed by atoms with Crippen LogP contribution >= 0.6 is 11.6 Å². The monoisotopic (exact) mass is 417 g/mol. The van der Waals surface area contributed by atoms with Crippen molar-refractivity contribution in [3.05, 3.63) is 52.6 Å². The number of nitrogens with one attached hydrogen (secondary N) is 1. The molecule has 0 saturated carbocycles. The van der Waals surface area contributed by atoms with Gasteiger partial charge in [-0.15, -0.1) is 0 Å². The highest BCUT2D eigenvalue weighted by atomic mass is 35.5. The summed E-state index contributed by atoms with van der Waals surface area (Å²) in [6.45, 7) is 4.68. The zero-order chi connectivity index (χ0) is 21.2. The summed E-state index contributed by atoms with van der Waals surface area (Å²) in [5, 5.41) is 3.40. The summed E-state index contributed by atoms with van der Waals surface area (Å²) in [5.74, 6) is 1.57. The van der Waals surface area contributed by atoms with Crippen LogP contribution in [0.25, 0.3) is 6.08 Å². The maximum Gasteiger partial charge on any atom is 0.248 e. The molecule has 2 aromatic carbocycles. The number of anilines is 1. The quantitative estimate of drug-likeness (QED) is 0.387. The van der Waals surface area contributed by atoms with Gasteiger partial charge in [0.25, 0.3) is 0 Å². The van der Waals surface area contributed by atoms with E-state index < -0.39 is 0 Å². The van der Waals surface area contributed by atoms with E-state index in [2.05, 4.69) is 12.2 Å². The third-order valence-electron chi connectivity index (χ3n) is 4.36. The van der Waals surface area contributed by atoms with Crippen LogP contribution in [0, 0.1) is 6.92 Å². The molecular weight excluding hydrogens is 390 g/mol. The third kappa shape index (κ3) is 6.71. The number of methoxy groups -OCH3 is 2. The van der Waals surface area contributed by atoms with E-state index in [1.54, 1.807) is 25.3 Å². The first-order valence-electron chi connectivity index (χ1n) is 9.62. The first-order chi connectivity index (χ1) is 14.0. The van der Waals surface area contributed by atoms with Gasteiger partial charge in [-0.1, -0.05) is 37.4 Å². The molecule has 5 nitrogen and oxygen atoms in total. The molecule has 0 heterocycles. The van der Waals surface area contributed by atoms with Crippen LogP contribution in [0.4, 0.5) is 5.69 Å². The Morgan fingerprint density at radius 2 is 1.83 bits per heavy atom. The van der Waals surface area contributed by atoms with Gasteiger partial charge < -0.3 is 19.5 Å². The highest BCUT2D eigenvalue weighted by Gasteiger charge is 2.09. The molecule has 0 aliphatic rings. The first kappa shape index (κ1) is 22.6. The Kier molecular flexibility index (Phi) is 8.87. The van der Waals surface area contributed by atoms with Gasteiger partial charge in [0.1, 0.15) is 5.75 Å². The van der Waals surface area contributed by atoms with E-state index in [1.807, 2.05) is 25.1 Å². The lowest BCUT2D eigenvalue weighted by atomic mass is 10.1. The molecule has 1 amide bonds. The molecule has 0 bridgehead atoms. The summed E-state index contributed by atoms with van der Waals surface area (Å²) in [6.07, 6.45) is 6.47. The molecule has 0 unspecified atom stereocenters. The number of rotatable bonds is 10. The van der Waals surface area contributed by atoms with Crippen molar-refractivity contribution in [3.8, 4) is 17.2 Å². The van der Waals surface area contributed by atoms with Crippen molar-refractivity contribution in [2.24, 2.45) is 0 Å². The SMILES string of the molecule is CCCCCOc1ccc(/C=C/C(=O)Nc2cc(C)c(Cl)cc2OC)cc1OC. The minimum atomic E-state index is -0.274. The van der Waals surface area contributed by atoms with Gasteiger partial charge in [-0.2, -0.15) is 0 Å². The Morgan fingerprint density at radius 1 is 1.07 bits per heavy atom. The number of amides is 1. The minimum Gasteiger partial charge on any atom is -0.495 e. The Morgan fingerprint density at radius 3 is 2.52 bits per heavy atom. The van der Waals surface area contributed by atoms with E-state index in [0.717, 1.165) is 30.4 Å². The number of halogens is 1. The van der Waals surface area contributed by atoms with Crippen molar-refractivity contribution in [1.29, 1.82) is 0 Å². The highest BCUT2D eigenvalue weighted by molar-refractivity contribution is 6.31. The van der Waals surface area contributed by atoms with Crippen LogP contribution in [0.5, 0.6) is 17.2 Å². The molecule has 0 saturated heterocycles. The average Bonchev–Trinajstić information content (AvgIpc) is 2.72. The Labute approximate surface area is 177 Å². The zero-order valence-electron chi connectivity index (χ0n) is 17.4. The lowest BCUT2D eigenvalue weighted by Crippen LogP contribution is -2.09. The molecule has 0 aliphatic heterocycles. The van der Waals surface area contributed by atoms with E-state index in [1.165, 1.54) is 13.2 Å². The van der Waals surface area contributed by atoms with Crippen LogP contribution in [0.15, 0.2) is 36.4 Å². The lowest BCUT2D eigenvalue weighted by Gasteiger charge is -2.12. The highest BCUT2D eigenvalue weighted by Crippen LogP contribution is 2.31. The topological polar surface area (TPSA) is 56.8 Å². The summed E-state index contributed by atoms with van der Waals surface area (Å²) in [5.41, 5.74) is 2.25. The zero-order valence-corrected chi connectivity index (χ0v) is 18.1. The molecular formula is C23H28ClNO4.